The Morgan fingerprint density at radius 1 is 1.39 bits per heavy atom. The third-order valence-corrected chi connectivity index (χ3v) is 3.62. The molecular formula is C13H10Cl2F3N3O2. The normalized spacial score (nSPS) is 11.6. The molecule has 0 bridgehead atoms. The van der Waals surface area contributed by atoms with Crippen molar-refractivity contribution >= 4 is 34.8 Å². The molecule has 1 heterocycles. The van der Waals surface area contributed by atoms with E-state index in [4.69, 9.17) is 23.2 Å². The average molecular weight is 368 g/mol. The summed E-state index contributed by atoms with van der Waals surface area (Å²) in [5, 5.41) is 15.0. The first-order valence-electron chi connectivity index (χ1n) is 6.18. The van der Waals surface area contributed by atoms with Gasteiger partial charge in [0.25, 0.3) is 0 Å². The molecule has 0 aliphatic rings. The Labute approximate surface area is 138 Å². The number of aromatic nitrogens is 2. The molecule has 1 aromatic heterocycles. The Morgan fingerprint density at radius 2 is 2.04 bits per heavy atom. The van der Waals surface area contributed by atoms with E-state index in [1.54, 1.807) is 0 Å². The van der Waals surface area contributed by atoms with Crippen LogP contribution in [0.2, 0.25) is 10.0 Å². The summed E-state index contributed by atoms with van der Waals surface area (Å²) >= 11 is 11.3. The maximum atomic E-state index is 12.7. The highest BCUT2D eigenvalue weighted by atomic mass is 35.5. The zero-order valence-electron chi connectivity index (χ0n) is 11.6. The molecule has 0 radical (unpaired) electrons. The summed E-state index contributed by atoms with van der Waals surface area (Å²) < 4.78 is 39.0. The maximum absolute atomic E-state index is 12.7. The van der Waals surface area contributed by atoms with Crippen LogP contribution < -0.4 is 5.32 Å². The molecule has 0 spiro atoms. The second-order valence-corrected chi connectivity index (χ2v) is 5.43. The molecule has 1 amide bonds. The van der Waals surface area contributed by atoms with Gasteiger partial charge in [0.05, 0.1) is 16.4 Å². The lowest BCUT2D eigenvalue weighted by molar-refractivity contribution is -0.141. The van der Waals surface area contributed by atoms with Crippen LogP contribution in [-0.2, 0) is 17.5 Å². The first-order valence-corrected chi connectivity index (χ1v) is 6.93. The van der Waals surface area contributed by atoms with Crippen molar-refractivity contribution in [3.63, 3.8) is 0 Å². The Kier molecular flexibility index (Phi) is 4.76. The number of halogens is 5. The summed E-state index contributed by atoms with van der Waals surface area (Å²) in [5.41, 5.74) is -1.21. The van der Waals surface area contributed by atoms with E-state index in [1.807, 2.05) is 0 Å². The molecule has 0 aliphatic heterocycles. The van der Waals surface area contributed by atoms with Gasteiger partial charge in [0, 0.05) is 5.02 Å². The third-order valence-electron chi connectivity index (χ3n) is 2.93. The highest BCUT2D eigenvalue weighted by molar-refractivity contribution is 6.32. The summed E-state index contributed by atoms with van der Waals surface area (Å²) in [6, 6.07) is 3.99. The number of alkyl halides is 3. The van der Waals surface area contributed by atoms with E-state index in [0.717, 1.165) is 4.68 Å². The molecule has 0 saturated heterocycles. The van der Waals surface area contributed by atoms with Crippen molar-refractivity contribution in [2.45, 2.75) is 19.6 Å². The molecule has 1 aromatic carbocycles. The minimum Gasteiger partial charge on any atom is -0.506 e. The maximum Gasteiger partial charge on any atom is 0.436 e. The standard InChI is InChI=1S/C13H10Cl2F3N3O2/c1-6-11(15)12(13(16,17)18)20-21(6)5-10(23)19-8-4-7(14)2-3-9(8)22/h2-4,22H,5H2,1H3,(H,19,23). The average Bonchev–Trinajstić information content (AvgIpc) is 2.71. The van der Waals surface area contributed by atoms with Crippen molar-refractivity contribution in [2.75, 3.05) is 5.32 Å². The van der Waals surface area contributed by atoms with Crippen molar-refractivity contribution in [3.05, 3.63) is 39.6 Å². The second kappa shape index (κ2) is 6.29. The van der Waals surface area contributed by atoms with E-state index in [0.29, 0.717) is 0 Å². The summed E-state index contributed by atoms with van der Waals surface area (Å²) in [6.07, 6.45) is -4.71. The van der Waals surface area contributed by atoms with Gasteiger partial charge in [0.2, 0.25) is 5.91 Å². The number of hydrogen-bond donors (Lipinski definition) is 2. The van der Waals surface area contributed by atoms with E-state index in [9.17, 15) is 23.1 Å². The van der Waals surface area contributed by atoms with Gasteiger partial charge in [0.15, 0.2) is 5.69 Å². The Morgan fingerprint density at radius 3 is 2.61 bits per heavy atom. The van der Waals surface area contributed by atoms with Gasteiger partial charge in [-0.15, -0.1) is 0 Å². The molecule has 0 saturated carbocycles. The predicted molar refractivity (Wildman–Crippen MR) is 78.7 cm³/mol. The Bertz CT molecular complexity index is 760. The molecule has 0 fully saturated rings. The van der Waals surface area contributed by atoms with Gasteiger partial charge in [-0.05, 0) is 25.1 Å². The van der Waals surface area contributed by atoms with E-state index in [-0.39, 0.29) is 22.2 Å². The molecule has 0 unspecified atom stereocenters. The van der Waals surface area contributed by atoms with E-state index in [1.165, 1.54) is 25.1 Å². The molecule has 10 heteroatoms. The number of hydrogen-bond acceptors (Lipinski definition) is 3. The smallest absolute Gasteiger partial charge is 0.436 e. The van der Waals surface area contributed by atoms with Crippen LogP contribution in [0.15, 0.2) is 18.2 Å². The van der Waals surface area contributed by atoms with Crippen LogP contribution in [0.4, 0.5) is 18.9 Å². The number of amides is 1. The van der Waals surface area contributed by atoms with Gasteiger partial charge in [0.1, 0.15) is 12.3 Å². The summed E-state index contributed by atoms with van der Waals surface area (Å²) in [6.45, 7) is 0.808. The van der Waals surface area contributed by atoms with Crippen LogP contribution in [0.5, 0.6) is 5.75 Å². The van der Waals surface area contributed by atoms with Crippen molar-refractivity contribution in [1.29, 1.82) is 0 Å². The molecule has 2 aromatic rings. The molecule has 2 N–H and O–H groups in total. The van der Waals surface area contributed by atoms with Gasteiger partial charge >= 0.3 is 6.18 Å². The van der Waals surface area contributed by atoms with Crippen LogP contribution >= 0.6 is 23.2 Å². The van der Waals surface area contributed by atoms with Gasteiger partial charge in [-0.1, -0.05) is 23.2 Å². The highest BCUT2D eigenvalue weighted by Gasteiger charge is 2.38. The lowest BCUT2D eigenvalue weighted by Crippen LogP contribution is -2.20. The molecule has 2 rings (SSSR count). The quantitative estimate of drug-likeness (QED) is 0.809. The number of nitrogens with zero attached hydrogens (tertiary/aromatic N) is 2. The van der Waals surface area contributed by atoms with Crippen molar-refractivity contribution in [1.82, 2.24) is 9.78 Å². The summed E-state index contributed by atoms with van der Waals surface area (Å²) in [4.78, 5) is 11.9. The predicted octanol–water partition coefficient (Wildman–Crippen LogP) is 3.86. The second-order valence-electron chi connectivity index (χ2n) is 4.61. The minimum absolute atomic E-state index is 0.00413. The van der Waals surface area contributed by atoms with Crippen LogP contribution in [0, 0.1) is 6.92 Å². The molecule has 5 nitrogen and oxygen atoms in total. The zero-order chi connectivity index (χ0) is 17.4. The number of anilines is 1. The molecule has 0 aliphatic carbocycles. The van der Waals surface area contributed by atoms with Gasteiger partial charge in [-0.2, -0.15) is 18.3 Å². The fraction of sp³-hybridized carbons (Fsp3) is 0.231. The first-order chi connectivity index (χ1) is 10.6. The number of phenolic OH excluding ortho intramolecular Hbond substituents is 1. The third kappa shape index (κ3) is 3.89. The van der Waals surface area contributed by atoms with Crippen molar-refractivity contribution < 1.29 is 23.1 Å². The lowest BCUT2D eigenvalue weighted by atomic mass is 10.3. The monoisotopic (exact) mass is 367 g/mol. The van der Waals surface area contributed by atoms with E-state index < -0.39 is 29.3 Å². The van der Waals surface area contributed by atoms with Gasteiger partial charge in [-0.3, -0.25) is 9.48 Å². The van der Waals surface area contributed by atoms with Crippen molar-refractivity contribution in [3.8, 4) is 5.75 Å². The SMILES string of the molecule is Cc1c(Cl)c(C(F)(F)F)nn1CC(=O)Nc1cc(Cl)ccc1O. The number of phenols is 1. The number of rotatable bonds is 3. The van der Waals surface area contributed by atoms with Gasteiger partial charge in [-0.25, -0.2) is 0 Å². The summed E-state index contributed by atoms with van der Waals surface area (Å²) in [7, 11) is 0. The Balaban J connectivity index is 2.19. The van der Waals surface area contributed by atoms with Crippen LogP contribution in [-0.4, -0.2) is 20.8 Å². The van der Waals surface area contributed by atoms with Crippen LogP contribution in [0.3, 0.4) is 0 Å². The number of carbonyl (C=O) groups excluding carboxylic acids is 1. The largest absolute Gasteiger partial charge is 0.506 e. The van der Waals surface area contributed by atoms with Crippen LogP contribution in [0.1, 0.15) is 11.4 Å². The van der Waals surface area contributed by atoms with Crippen molar-refractivity contribution in [2.24, 2.45) is 0 Å². The number of nitrogens with one attached hydrogen (secondary N) is 1. The summed E-state index contributed by atoms with van der Waals surface area (Å²) in [5.74, 6) is -0.924. The molecule has 0 atom stereocenters. The fourth-order valence-corrected chi connectivity index (χ4v) is 2.21. The zero-order valence-corrected chi connectivity index (χ0v) is 13.1. The van der Waals surface area contributed by atoms with E-state index >= 15 is 0 Å². The molecule has 124 valence electrons. The van der Waals surface area contributed by atoms with Crippen LogP contribution in [0.25, 0.3) is 0 Å². The highest BCUT2D eigenvalue weighted by Crippen LogP contribution is 2.35. The Hall–Kier alpha value is -1.93. The molecular weight excluding hydrogens is 358 g/mol. The number of aromatic hydroxyl groups is 1. The lowest BCUT2D eigenvalue weighted by Gasteiger charge is -2.08. The topological polar surface area (TPSA) is 67.2 Å². The van der Waals surface area contributed by atoms with E-state index in [2.05, 4.69) is 10.4 Å². The first kappa shape index (κ1) is 17.4. The number of benzene rings is 1. The fourth-order valence-electron chi connectivity index (χ4n) is 1.79. The number of carbonyl (C=O) groups is 1. The minimum atomic E-state index is -4.71. The molecule has 23 heavy (non-hydrogen) atoms. The van der Waals surface area contributed by atoms with Gasteiger partial charge < -0.3 is 10.4 Å².